The van der Waals surface area contributed by atoms with E-state index in [0.717, 1.165) is 57.4 Å². The molecule has 0 spiro atoms. The number of nitrogens with one attached hydrogen (secondary N) is 1. The molecule has 1 fully saturated rings. The predicted molar refractivity (Wildman–Crippen MR) is 102 cm³/mol. The molecule has 0 bridgehead atoms. The molecule has 0 saturated carbocycles. The highest BCUT2D eigenvalue weighted by atomic mass is 32.2. The number of guanidine groups is 1. The highest BCUT2D eigenvalue weighted by Gasteiger charge is 2.20. The highest BCUT2D eigenvalue weighted by molar-refractivity contribution is 7.99. The Morgan fingerprint density at radius 1 is 1.17 bits per heavy atom. The number of rotatable bonds is 6. The number of aliphatic imine (C=N–C) groups is 1. The first-order valence-corrected chi connectivity index (χ1v) is 9.66. The van der Waals surface area contributed by atoms with Crippen LogP contribution in [-0.4, -0.2) is 66.7 Å². The van der Waals surface area contributed by atoms with Crippen LogP contribution in [0.5, 0.6) is 0 Å². The van der Waals surface area contributed by atoms with Crippen LogP contribution in [0.2, 0.25) is 0 Å². The zero-order chi connectivity index (χ0) is 17.2. The van der Waals surface area contributed by atoms with E-state index in [1.165, 1.54) is 4.90 Å². The standard InChI is InChI=1S/C18H28N4OS/c1-3-19-18(22-13-11-21(12-14-22)16(2)23)20-10-7-15-24-17-8-5-4-6-9-17/h4-6,8-9H,3,7,10-15H2,1-2H3,(H,19,20). The molecule has 1 aliphatic heterocycles. The number of carbonyl (C=O) groups is 1. The van der Waals surface area contributed by atoms with E-state index in [9.17, 15) is 4.79 Å². The summed E-state index contributed by atoms with van der Waals surface area (Å²) in [6.45, 7) is 8.69. The molecule has 1 aromatic rings. The monoisotopic (exact) mass is 348 g/mol. The summed E-state index contributed by atoms with van der Waals surface area (Å²) in [5.41, 5.74) is 0. The zero-order valence-electron chi connectivity index (χ0n) is 14.7. The van der Waals surface area contributed by atoms with Gasteiger partial charge in [0.2, 0.25) is 5.91 Å². The van der Waals surface area contributed by atoms with E-state index in [1.807, 2.05) is 22.7 Å². The Labute approximate surface area is 149 Å². The van der Waals surface area contributed by atoms with Crippen molar-refractivity contribution in [2.75, 3.05) is 45.0 Å². The molecule has 24 heavy (non-hydrogen) atoms. The number of amides is 1. The summed E-state index contributed by atoms with van der Waals surface area (Å²) in [6.07, 6.45) is 1.06. The topological polar surface area (TPSA) is 47.9 Å². The smallest absolute Gasteiger partial charge is 0.219 e. The second-order valence-corrected chi connectivity index (χ2v) is 6.91. The maximum absolute atomic E-state index is 11.4. The van der Waals surface area contributed by atoms with E-state index in [-0.39, 0.29) is 5.91 Å². The lowest BCUT2D eigenvalue weighted by Crippen LogP contribution is -2.53. The summed E-state index contributed by atoms with van der Waals surface area (Å²) < 4.78 is 0. The summed E-state index contributed by atoms with van der Waals surface area (Å²) in [7, 11) is 0. The Balaban J connectivity index is 1.75. The third-order valence-electron chi connectivity index (χ3n) is 3.94. The van der Waals surface area contributed by atoms with Crippen LogP contribution in [0.3, 0.4) is 0 Å². The van der Waals surface area contributed by atoms with Crippen molar-refractivity contribution in [3.8, 4) is 0 Å². The molecule has 0 radical (unpaired) electrons. The van der Waals surface area contributed by atoms with Crippen molar-refractivity contribution in [1.82, 2.24) is 15.1 Å². The van der Waals surface area contributed by atoms with Gasteiger partial charge < -0.3 is 15.1 Å². The van der Waals surface area contributed by atoms with Crippen molar-refractivity contribution in [3.05, 3.63) is 30.3 Å². The number of hydrogen-bond donors (Lipinski definition) is 1. The van der Waals surface area contributed by atoms with E-state index >= 15 is 0 Å². The van der Waals surface area contributed by atoms with Gasteiger partial charge >= 0.3 is 0 Å². The van der Waals surface area contributed by atoms with Gasteiger partial charge in [-0.2, -0.15) is 0 Å². The van der Waals surface area contributed by atoms with E-state index in [1.54, 1.807) is 6.92 Å². The van der Waals surface area contributed by atoms with Crippen molar-refractivity contribution in [2.45, 2.75) is 25.2 Å². The normalized spacial score (nSPS) is 15.5. The minimum absolute atomic E-state index is 0.162. The first-order chi connectivity index (χ1) is 11.7. The Kier molecular flexibility index (Phi) is 7.95. The van der Waals surface area contributed by atoms with Crippen LogP contribution in [0.1, 0.15) is 20.3 Å². The minimum atomic E-state index is 0.162. The first-order valence-electron chi connectivity index (χ1n) is 8.67. The fraction of sp³-hybridized carbons (Fsp3) is 0.556. The molecule has 132 valence electrons. The van der Waals surface area contributed by atoms with Gasteiger partial charge in [0.15, 0.2) is 5.96 Å². The summed E-state index contributed by atoms with van der Waals surface area (Å²) in [6, 6.07) is 10.5. The Morgan fingerprint density at radius 2 is 1.83 bits per heavy atom. The van der Waals surface area contributed by atoms with Crippen LogP contribution in [-0.2, 0) is 4.79 Å². The van der Waals surface area contributed by atoms with E-state index in [0.29, 0.717) is 0 Å². The number of nitrogens with zero attached hydrogens (tertiary/aromatic N) is 3. The number of benzene rings is 1. The third kappa shape index (κ3) is 6.07. The molecule has 1 aliphatic rings. The Hall–Kier alpha value is -1.69. The molecule has 2 rings (SSSR count). The van der Waals surface area contributed by atoms with Crippen molar-refractivity contribution in [2.24, 2.45) is 4.99 Å². The molecule has 1 aromatic carbocycles. The molecule has 0 unspecified atom stereocenters. The molecular weight excluding hydrogens is 320 g/mol. The quantitative estimate of drug-likeness (QED) is 0.371. The van der Waals surface area contributed by atoms with Crippen molar-refractivity contribution in [1.29, 1.82) is 0 Å². The largest absolute Gasteiger partial charge is 0.357 e. The van der Waals surface area contributed by atoms with E-state index in [4.69, 9.17) is 4.99 Å². The first kappa shape index (κ1) is 18.6. The number of thioether (sulfide) groups is 1. The van der Waals surface area contributed by atoms with E-state index < -0.39 is 0 Å². The van der Waals surface area contributed by atoms with Gasteiger partial charge in [0.25, 0.3) is 0 Å². The second-order valence-electron chi connectivity index (χ2n) is 5.74. The van der Waals surface area contributed by atoms with Crippen LogP contribution in [0.25, 0.3) is 0 Å². The van der Waals surface area contributed by atoms with Gasteiger partial charge in [-0.25, -0.2) is 0 Å². The molecule has 0 aromatic heterocycles. The number of carbonyl (C=O) groups excluding carboxylic acids is 1. The lowest BCUT2D eigenvalue weighted by atomic mass is 10.3. The summed E-state index contributed by atoms with van der Waals surface area (Å²) in [5, 5.41) is 3.37. The van der Waals surface area contributed by atoms with Crippen molar-refractivity contribution >= 4 is 23.6 Å². The lowest BCUT2D eigenvalue weighted by Gasteiger charge is -2.36. The average Bonchev–Trinajstić information content (AvgIpc) is 2.61. The molecule has 0 atom stereocenters. The lowest BCUT2D eigenvalue weighted by molar-refractivity contribution is -0.130. The summed E-state index contributed by atoms with van der Waals surface area (Å²) >= 11 is 1.88. The highest BCUT2D eigenvalue weighted by Crippen LogP contribution is 2.17. The Bertz CT molecular complexity index is 527. The second kappa shape index (κ2) is 10.2. The maximum Gasteiger partial charge on any atom is 0.219 e. The molecule has 1 heterocycles. The summed E-state index contributed by atoms with van der Waals surface area (Å²) in [4.78, 5) is 21.6. The molecule has 6 heteroatoms. The van der Waals surface area contributed by atoms with Gasteiger partial charge in [-0.3, -0.25) is 9.79 Å². The predicted octanol–water partition coefficient (Wildman–Crippen LogP) is 2.30. The van der Waals surface area contributed by atoms with Crippen LogP contribution < -0.4 is 5.32 Å². The fourth-order valence-electron chi connectivity index (χ4n) is 2.62. The van der Waals surface area contributed by atoms with Crippen LogP contribution in [0.15, 0.2) is 40.2 Å². The number of piperazine rings is 1. The van der Waals surface area contributed by atoms with Crippen LogP contribution in [0.4, 0.5) is 0 Å². The zero-order valence-corrected chi connectivity index (χ0v) is 15.5. The van der Waals surface area contributed by atoms with Crippen LogP contribution in [0, 0.1) is 0 Å². The van der Waals surface area contributed by atoms with Crippen molar-refractivity contribution in [3.63, 3.8) is 0 Å². The van der Waals surface area contributed by atoms with Gasteiger partial charge in [0.1, 0.15) is 0 Å². The third-order valence-corrected chi connectivity index (χ3v) is 5.03. The van der Waals surface area contributed by atoms with Gasteiger partial charge in [-0.1, -0.05) is 18.2 Å². The van der Waals surface area contributed by atoms with Gasteiger partial charge in [0, 0.05) is 51.1 Å². The minimum Gasteiger partial charge on any atom is -0.357 e. The Morgan fingerprint density at radius 3 is 2.46 bits per heavy atom. The molecule has 1 amide bonds. The average molecular weight is 349 g/mol. The molecule has 1 N–H and O–H groups in total. The van der Waals surface area contributed by atoms with Gasteiger partial charge in [-0.05, 0) is 31.2 Å². The van der Waals surface area contributed by atoms with Gasteiger partial charge in [0.05, 0.1) is 0 Å². The molecular formula is C18H28N4OS. The number of hydrogen-bond acceptors (Lipinski definition) is 3. The van der Waals surface area contributed by atoms with E-state index in [2.05, 4.69) is 41.4 Å². The summed E-state index contributed by atoms with van der Waals surface area (Å²) in [5.74, 6) is 2.21. The maximum atomic E-state index is 11.4. The fourth-order valence-corrected chi connectivity index (χ4v) is 3.47. The van der Waals surface area contributed by atoms with Gasteiger partial charge in [-0.15, -0.1) is 11.8 Å². The molecule has 5 nitrogen and oxygen atoms in total. The molecule has 1 saturated heterocycles. The van der Waals surface area contributed by atoms with Crippen LogP contribution >= 0.6 is 11.8 Å². The van der Waals surface area contributed by atoms with Crippen molar-refractivity contribution < 1.29 is 4.79 Å². The molecule has 0 aliphatic carbocycles. The SMILES string of the molecule is CCNC(=NCCCSc1ccccc1)N1CCN(C(C)=O)CC1.